The highest BCUT2D eigenvalue weighted by atomic mass is 15.0. The van der Waals surface area contributed by atoms with Crippen molar-refractivity contribution in [2.45, 2.75) is 0 Å². The standard InChI is InChI=1S/C18H15N5/c1-5-17(22-11-9-19-13-22)6-2-15(1)21-16-3-7-18(8-4-16)23-12-10-20-14-23/h1-14,21H. The maximum Gasteiger partial charge on any atom is 0.0991 e. The predicted molar refractivity (Wildman–Crippen MR) is 90.4 cm³/mol. The molecule has 2 heterocycles. The van der Waals surface area contributed by atoms with E-state index in [9.17, 15) is 0 Å². The Hall–Kier alpha value is -3.34. The van der Waals surface area contributed by atoms with E-state index in [1.165, 1.54) is 0 Å². The Labute approximate surface area is 133 Å². The van der Waals surface area contributed by atoms with E-state index in [0.717, 1.165) is 22.7 Å². The lowest BCUT2D eigenvalue weighted by atomic mass is 10.2. The van der Waals surface area contributed by atoms with E-state index in [0.29, 0.717) is 0 Å². The Morgan fingerprint density at radius 1 is 0.609 bits per heavy atom. The molecule has 0 aliphatic carbocycles. The van der Waals surface area contributed by atoms with E-state index in [1.54, 1.807) is 25.0 Å². The second kappa shape index (κ2) is 5.81. The lowest BCUT2D eigenvalue weighted by Crippen LogP contribution is -1.94. The number of hydrogen-bond acceptors (Lipinski definition) is 3. The Morgan fingerprint density at radius 2 is 1.04 bits per heavy atom. The number of nitrogens with zero attached hydrogens (tertiary/aromatic N) is 4. The van der Waals surface area contributed by atoms with Crippen LogP contribution in [-0.4, -0.2) is 19.1 Å². The lowest BCUT2D eigenvalue weighted by molar-refractivity contribution is 1.06. The third kappa shape index (κ3) is 2.85. The first-order chi connectivity index (χ1) is 11.4. The molecule has 4 aromatic rings. The summed E-state index contributed by atoms with van der Waals surface area (Å²) in [5.74, 6) is 0. The number of rotatable bonds is 4. The van der Waals surface area contributed by atoms with Crippen molar-refractivity contribution in [2.75, 3.05) is 5.32 Å². The van der Waals surface area contributed by atoms with Crippen LogP contribution in [0.3, 0.4) is 0 Å². The fraction of sp³-hybridized carbons (Fsp3) is 0. The topological polar surface area (TPSA) is 47.7 Å². The average Bonchev–Trinajstić information content (AvgIpc) is 3.30. The average molecular weight is 301 g/mol. The van der Waals surface area contributed by atoms with Crippen LogP contribution in [0.5, 0.6) is 0 Å². The summed E-state index contributed by atoms with van der Waals surface area (Å²) in [6.07, 6.45) is 11.0. The van der Waals surface area contributed by atoms with E-state index in [1.807, 2.05) is 21.5 Å². The first-order valence-corrected chi connectivity index (χ1v) is 7.32. The molecular formula is C18H15N5. The van der Waals surface area contributed by atoms with Crippen LogP contribution >= 0.6 is 0 Å². The molecule has 0 spiro atoms. The molecule has 0 saturated heterocycles. The van der Waals surface area contributed by atoms with Crippen molar-refractivity contribution in [3.8, 4) is 11.4 Å². The summed E-state index contributed by atoms with van der Waals surface area (Å²) in [5.41, 5.74) is 4.26. The summed E-state index contributed by atoms with van der Waals surface area (Å²) >= 11 is 0. The molecule has 0 radical (unpaired) electrons. The second-order valence-electron chi connectivity index (χ2n) is 5.16. The molecular weight excluding hydrogens is 286 g/mol. The Balaban J connectivity index is 1.49. The van der Waals surface area contributed by atoms with Gasteiger partial charge >= 0.3 is 0 Å². The first kappa shape index (κ1) is 13.3. The van der Waals surface area contributed by atoms with Crippen molar-refractivity contribution < 1.29 is 0 Å². The summed E-state index contributed by atoms with van der Waals surface area (Å²) in [6.45, 7) is 0. The molecule has 23 heavy (non-hydrogen) atoms. The molecule has 0 aliphatic heterocycles. The number of hydrogen-bond donors (Lipinski definition) is 1. The van der Waals surface area contributed by atoms with Crippen molar-refractivity contribution in [1.82, 2.24) is 19.1 Å². The number of imidazole rings is 2. The molecule has 5 nitrogen and oxygen atoms in total. The van der Waals surface area contributed by atoms with Crippen LogP contribution in [0.4, 0.5) is 11.4 Å². The zero-order valence-electron chi connectivity index (χ0n) is 12.4. The minimum Gasteiger partial charge on any atom is -0.356 e. The molecule has 0 fully saturated rings. The van der Waals surface area contributed by atoms with Crippen LogP contribution in [0.2, 0.25) is 0 Å². The number of nitrogens with one attached hydrogen (secondary N) is 1. The van der Waals surface area contributed by atoms with Gasteiger partial charge in [0.05, 0.1) is 12.7 Å². The van der Waals surface area contributed by atoms with Gasteiger partial charge in [0.2, 0.25) is 0 Å². The molecule has 2 aromatic carbocycles. The Bertz CT molecular complexity index is 785. The van der Waals surface area contributed by atoms with Crippen LogP contribution in [0.25, 0.3) is 11.4 Å². The van der Waals surface area contributed by atoms with Crippen molar-refractivity contribution in [3.63, 3.8) is 0 Å². The van der Waals surface area contributed by atoms with Crippen molar-refractivity contribution in [3.05, 3.63) is 86.0 Å². The fourth-order valence-electron chi connectivity index (χ4n) is 2.42. The highest BCUT2D eigenvalue weighted by Gasteiger charge is 1.99. The van der Waals surface area contributed by atoms with E-state index in [4.69, 9.17) is 0 Å². The molecule has 0 atom stereocenters. The summed E-state index contributed by atoms with van der Waals surface area (Å²) in [4.78, 5) is 8.12. The molecule has 0 aliphatic rings. The first-order valence-electron chi connectivity index (χ1n) is 7.32. The van der Waals surface area contributed by atoms with Gasteiger partial charge in [-0.25, -0.2) is 9.97 Å². The Kier molecular flexibility index (Phi) is 3.37. The fourth-order valence-corrected chi connectivity index (χ4v) is 2.42. The maximum atomic E-state index is 4.06. The highest BCUT2D eigenvalue weighted by molar-refractivity contribution is 5.62. The van der Waals surface area contributed by atoms with Crippen LogP contribution in [-0.2, 0) is 0 Å². The van der Waals surface area contributed by atoms with Crippen LogP contribution in [0.15, 0.2) is 86.0 Å². The minimum absolute atomic E-state index is 1.05. The molecule has 5 heteroatoms. The van der Waals surface area contributed by atoms with Crippen molar-refractivity contribution in [2.24, 2.45) is 0 Å². The van der Waals surface area contributed by atoms with Gasteiger partial charge in [-0.15, -0.1) is 0 Å². The van der Waals surface area contributed by atoms with Crippen LogP contribution in [0.1, 0.15) is 0 Å². The van der Waals surface area contributed by atoms with E-state index < -0.39 is 0 Å². The molecule has 0 unspecified atom stereocenters. The van der Waals surface area contributed by atoms with Gasteiger partial charge in [-0.05, 0) is 48.5 Å². The predicted octanol–water partition coefficient (Wildman–Crippen LogP) is 3.80. The molecule has 0 saturated carbocycles. The van der Waals surface area contributed by atoms with E-state index in [2.05, 4.69) is 63.8 Å². The molecule has 0 bridgehead atoms. The SMILES string of the molecule is c1cn(-c2ccc(Nc3ccc(-n4ccnc4)cc3)cc2)cn1. The van der Waals surface area contributed by atoms with Gasteiger partial charge in [-0.3, -0.25) is 0 Å². The summed E-state index contributed by atoms with van der Waals surface area (Å²) in [5, 5.41) is 3.40. The number of anilines is 2. The quantitative estimate of drug-likeness (QED) is 0.623. The van der Waals surface area contributed by atoms with Gasteiger partial charge in [0.15, 0.2) is 0 Å². The molecule has 4 rings (SSSR count). The molecule has 112 valence electrons. The van der Waals surface area contributed by atoms with Gasteiger partial charge in [0.1, 0.15) is 0 Å². The van der Waals surface area contributed by atoms with E-state index >= 15 is 0 Å². The van der Waals surface area contributed by atoms with Crippen molar-refractivity contribution in [1.29, 1.82) is 0 Å². The zero-order chi connectivity index (χ0) is 15.5. The maximum absolute atomic E-state index is 4.06. The molecule has 2 aromatic heterocycles. The van der Waals surface area contributed by atoms with Gasteiger partial charge in [-0.2, -0.15) is 0 Å². The van der Waals surface area contributed by atoms with Gasteiger partial charge in [0.25, 0.3) is 0 Å². The lowest BCUT2D eigenvalue weighted by Gasteiger charge is -2.09. The summed E-state index contributed by atoms with van der Waals surface area (Å²) in [7, 11) is 0. The number of aromatic nitrogens is 4. The Morgan fingerprint density at radius 3 is 1.39 bits per heavy atom. The van der Waals surface area contributed by atoms with Gasteiger partial charge < -0.3 is 14.5 Å². The van der Waals surface area contributed by atoms with Gasteiger partial charge in [-0.1, -0.05) is 0 Å². The smallest absolute Gasteiger partial charge is 0.0991 e. The highest BCUT2D eigenvalue weighted by Crippen LogP contribution is 2.20. The third-order valence-electron chi connectivity index (χ3n) is 3.63. The molecule has 0 amide bonds. The largest absolute Gasteiger partial charge is 0.356 e. The number of benzene rings is 2. The van der Waals surface area contributed by atoms with E-state index in [-0.39, 0.29) is 0 Å². The molecule has 1 N–H and O–H groups in total. The van der Waals surface area contributed by atoms with Crippen molar-refractivity contribution >= 4 is 11.4 Å². The van der Waals surface area contributed by atoms with Crippen LogP contribution in [0, 0.1) is 0 Å². The van der Waals surface area contributed by atoms with Crippen LogP contribution < -0.4 is 5.32 Å². The monoisotopic (exact) mass is 301 g/mol. The van der Waals surface area contributed by atoms with Gasteiger partial charge in [0, 0.05) is 47.5 Å². The zero-order valence-corrected chi connectivity index (χ0v) is 12.4. The second-order valence-corrected chi connectivity index (χ2v) is 5.16. The normalized spacial score (nSPS) is 10.6. The summed E-state index contributed by atoms with van der Waals surface area (Å²) in [6, 6.07) is 16.5. The third-order valence-corrected chi connectivity index (χ3v) is 3.63. The summed E-state index contributed by atoms with van der Waals surface area (Å²) < 4.78 is 3.95. The minimum atomic E-state index is 1.05.